The Morgan fingerprint density at radius 1 is 1.50 bits per heavy atom. The van der Waals surface area contributed by atoms with Gasteiger partial charge in [-0.05, 0) is 39.4 Å². The number of anilines is 1. The molecule has 2 heterocycles. The van der Waals surface area contributed by atoms with Crippen molar-refractivity contribution < 1.29 is 0 Å². The Morgan fingerprint density at radius 2 is 2.29 bits per heavy atom. The molecular formula is C7H6BrN3OS2. The van der Waals surface area contributed by atoms with E-state index in [0.717, 1.165) is 20.0 Å². The SMILES string of the molecule is Nc1nn(Cc2ccc(Br)s2)c(=O)s1. The number of rotatable bonds is 2. The van der Waals surface area contributed by atoms with E-state index in [1.807, 2.05) is 12.1 Å². The summed E-state index contributed by atoms with van der Waals surface area (Å²) in [5.74, 6) is 0. The molecular weight excluding hydrogens is 286 g/mol. The second-order valence-electron chi connectivity index (χ2n) is 2.57. The second-order valence-corrected chi connectivity index (χ2v) is 6.09. The molecule has 7 heteroatoms. The van der Waals surface area contributed by atoms with Gasteiger partial charge in [-0.25, -0.2) is 4.68 Å². The fourth-order valence-electron chi connectivity index (χ4n) is 1.01. The van der Waals surface area contributed by atoms with Crippen LogP contribution in [0.4, 0.5) is 5.13 Å². The van der Waals surface area contributed by atoms with E-state index < -0.39 is 0 Å². The van der Waals surface area contributed by atoms with Crippen molar-refractivity contribution in [1.82, 2.24) is 9.78 Å². The molecule has 0 aliphatic carbocycles. The summed E-state index contributed by atoms with van der Waals surface area (Å²) >= 11 is 5.90. The Labute approximate surface area is 96.1 Å². The fraction of sp³-hybridized carbons (Fsp3) is 0.143. The van der Waals surface area contributed by atoms with Gasteiger partial charge in [0.15, 0.2) is 0 Å². The third kappa shape index (κ3) is 2.05. The smallest absolute Gasteiger partial charge is 0.327 e. The molecule has 0 aliphatic heterocycles. The maximum Gasteiger partial charge on any atom is 0.327 e. The predicted molar refractivity (Wildman–Crippen MR) is 61.9 cm³/mol. The molecule has 0 unspecified atom stereocenters. The van der Waals surface area contributed by atoms with Crippen molar-refractivity contribution in [3.05, 3.63) is 30.5 Å². The molecule has 4 nitrogen and oxygen atoms in total. The number of nitrogen functional groups attached to an aromatic ring is 1. The molecule has 0 fully saturated rings. The van der Waals surface area contributed by atoms with E-state index in [1.165, 1.54) is 4.68 Å². The third-order valence-electron chi connectivity index (χ3n) is 1.56. The lowest BCUT2D eigenvalue weighted by Crippen LogP contribution is -2.14. The van der Waals surface area contributed by atoms with Crippen LogP contribution in [0.15, 0.2) is 20.7 Å². The maximum absolute atomic E-state index is 11.3. The lowest BCUT2D eigenvalue weighted by molar-refractivity contribution is 0.677. The van der Waals surface area contributed by atoms with Crippen molar-refractivity contribution >= 4 is 43.7 Å². The average molecular weight is 292 g/mol. The highest BCUT2D eigenvalue weighted by molar-refractivity contribution is 9.11. The van der Waals surface area contributed by atoms with Crippen LogP contribution >= 0.6 is 38.6 Å². The van der Waals surface area contributed by atoms with Crippen molar-refractivity contribution in [2.24, 2.45) is 0 Å². The average Bonchev–Trinajstić information content (AvgIpc) is 2.61. The summed E-state index contributed by atoms with van der Waals surface area (Å²) < 4.78 is 2.42. The second kappa shape index (κ2) is 3.84. The summed E-state index contributed by atoms with van der Waals surface area (Å²) in [6, 6.07) is 3.90. The van der Waals surface area contributed by atoms with Gasteiger partial charge in [0.25, 0.3) is 0 Å². The predicted octanol–water partition coefficient (Wildman–Crippen LogP) is 1.76. The van der Waals surface area contributed by atoms with Crippen LogP contribution in [-0.2, 0) is 6.54 Å². The first kappa shape index (κ1) is 9.88. The molecule has 2 aromatic heterocycles. The Morgan fingerprint density at radius 3 is 2.79 bits per heavy atom. The zero-order valence-corrected chi connectivity index (χ0v) is 10.2. The molecule has 2 N–H and O–H groups in total. The summed E-state index contributed by atoms with van der Waals surface area (Å²) in [6.07, 6.45) is 0. The number of halogens is 1. The van der Waals surface area contributed by atoms with Crippen LogP contribution in [0, 0.1) is 0 Å². The van der Waals surface area contributed by atoms with Gasteiger partial charge in [0, 0.05) is 4.88 Å². The lowest BCUT2D eigenvalue weighted by Gasteiger charge is -1.94. The summed E-state index contributed by atoms with van der Waals surface area (Å²) in [5, 5.41) is 4.22. The van der Waals surface area contributed by atoms with E-state index in [-0.39, 0.29) is 4.87 Å². The Hall–Kier alpha value is -0.660. The number of nitrogens with zero attached hydrogens (tertiary/aromatic N) is 2. The number of nitrogens with two attached hydrogens (primary N) is 1. The molecule has 0 aromatic carbocycles. The van der Waals surface area contributed by atoms with Gasteiger partial charge < -0.3 is 5.73 Å². The summed E-state index contributed by atoms with van der Waals surface area (Å²) in [5.41, 5.74) is 5.42. The molecule has 0 amide bonds. The van der Waals surface area contributed by atoms with E-state index in [0.29, 0.717) is 11.7 Å². The number of aromatic nitrogens is 2. The van der Waals surface area contributed by atoms with E-state index in [2.05, 4.69) is 21.0 Å². The Bertz CT molecular complexity index is 501. The molecule has 0 saturated carbocycles. The maximum atomic E-state index is 11.3. The Kier molecular flexibility index (Phi) is 2.71. The monoisotopic (exact) mass is 291 g/mol. The van der Waals surface area contributed by atoms with Gasteiger partial charge in [-0.2, -0.15) is 0 Å². The topological polar surface area (TPSA) is 60.9 Å². The Balaban J connectivity index is 2.26. The van der Waals surface area contributed by atoms with E-state index in [9.17, 15) is 4.79 Å². The highest BCUT2D eigenvalue weighted by Gasteiger charge is 2.05. The lowest BCUT2D eigenvalue weighted by atomic mass is 10.5. The minimum Gasteiger partial charge on any atom is -0.374 e. The van der Waals surface area contributed by atoms with E-state index in [4.69, 9.17) is 5.73 Å². The van der Waals surface area contributed by atoms with Crippen LogP contribution in [0.25, 0.3) is 0 Å². The van der Waals surface area contributed by atoms with Gasteiger partial charge in [-0.3, -0.25) is 4.79 Å². The zero-order valence-electron chi connectivity index (χ0n) is 6.94. The minimum absolute atomic E-state index is 0.118. The summed E-state index contributed by atoms with van der Waals surface area (Å²) in [6.45, 7) is 0.489. The molecule has 0 spiro atoms. The largest absolute Gasteiger partial charge is 0.374 e. The minimum atomic E-state index is -0.118. The zero-order chi connectivity index (χ0) is 10.1. The van der Waals surface area contributed by atoms with Crippen molar-refractivity contribution in [3.63, 3.8) is 0 Å². The van der Waals surface area contributed by atoms with Gasteiger partial charge in [-0.15, -0.1) is 16.4 Å². The van der Waals surface area contributed by atoms with Crippen molar-refractivity contribution in [2.75, 3.05) is 5.73 Å². The third-order valence-corrected chi connectivity index (χ3v) is 3.84. The van der Waals surface area contributed by atoms with Crippen LogP contribution in [0.1, 0.15) is 4.88 Å². The number of thiophene rings is 1. The summed E-state index contributed by atoms with van der Waals surface area (Å²) in [7, 11) is 0. The van der Waals surface area contributed by atoms with Crippen LogP contribution in [0.2, 0.25) is 0 Å². The number of hydrogen-bond donors (Lipinski definition) is 1. The van der Waals surface area contributed by atoms with E-state index >= 15 is 0 Å². The van der Waals surface area contributed by atoms with Crippen molar-refractivity contribution in [3.8, 4) is 0 Å². The van der Waals surface area contributed by atoms with Gasteiger partial charge >= 0.3 is 4.87 Å². The highest BCUT2D eigenvalue weighted by Crippen LogP contribution is 2.22. The molecule has 74 valence electrons. The first-order chi connectivity index (χ1) is 6.65. The fourth-order valence-corrected chi connectivity index (χ4v) is 3.00. The highest BCUT2D eigenvalue weighted by atomic mass is 79.9. The van der Waals surface area contributed by atoms with Crippen molar-refractivity contribution in [2.45, 2.75) is 6.54 Å². The number of hydrogen-bond acceptors (Lipinski definition) is 5. The first-order valence-electron chi connectivity index (χ1n) is 3.73. The normalized spacial score (nSPS) is 10.6. The molecule has 2 rings (SSSR count). The van der Waals surface area contributed by atoms with Gasteiger partial charge in [0.05, 0.1) is 10.3 Å². The standard InChI is InChI=1S/C7H6BrN3OS2/c8-5-2-1-4(13-5)3-11-7(12)14-6(9)10-11/h1-2H,3H2,(H2,9,10). The van der Waals surface area contributed by atoms with Gasteiger partial charge in [0.2, 0.25) is 5.13 Å². The van der Waals surface area contributed by atoms with Crippen LogP contribution in [0.3, 0.4) is 0 Å². The summed E-state index contributed by atoms with van der Waals surface area (Å²) in [4.78, 5) is 12.2. The molecule has 0 aliphatic rings. The van der Waals surface area contributed by atoms with Crippen LogP contribution in [0.5, 0.6) is 0 Å². The van der Waals surface area contributed by atoms with E-state index in [1.54, 1.807) is 11.3 Å². The van der Waals surface area contributed by atoms with Gasteiger partial charge in [-0.1, -0.05) is 0 Å². The molecule has 0 saturated heterocycles. The molecule has 0 radical (unpaired) electrons. The quantitative estimate of drug-likeness (QED) is 0.917. The molecule has 14 heavy (non-hydrogen) atoms. The van der Waals surface area contributed by atoms with Crippen molar-refractivity contribution in [1.29, 1.82) is 0 Å². The van der Waals surface area contributed by atoms with Crippen LogP contribution in [-0.4, -0.2) is 9.78 Å². The first-order valence-corrected chi connectivity index (χ1v) is 6.15. The molecule has 0 atom stereocenters. The van der Waals surface area contributed by atoms with Crippen LogP contribution < -0.4 is 10.6 Å². The van der Waals surface area contributed by atoms with Gasteiger partial charge in [0.1, 0.15) is 0 Å². The molecule has 2 aromatic rings. The molecule has 0 bridgehead atoms.